The number of fused-ring (bicyclic) bond motifs is 3. The molecule has 2 atom stereocenters. The lowest BCUT2D eigenvalue weighted by atomic mass is 9.82. The Morgan fingerprint density at radius 3 is 2.25 bits per heavy atom. The van der Waals surface area contributed by atoms with Crippen LogP contribution in [0.25, 0.3) is 0 Å². The summed E-state index contributed by atoms with van der Waals surface area (Å²) in [6.07, 6.45) is 5.31. The molecule has 2 aliphatic carbocycles. The predicted octanol–water partition coefficient (Wildman–Crippen LogP) is 1.91. The summed E-state index contributed by atoms with van der Waals surface area (Å²) in [7, 11) is 0. The second-order valence-corrected chi connectivity index (χ2v) is 6.23. The maximum atomic E-state index is 8.99. The maximum Gasteiger partial charge on any atom is 0.0866 e. The summed E-state index contributed by atoms with van der Waals surface area (Å²) in [6.45, 7) is 1.41. The van der Waals surface area contributed by atoms with Gasteiger partial charge in [-0.15, -0.1) is 0 Å². The molecule has 0 aromatic heterocycles. The monoisotopic (exact) mass is 275 g/mol. The van der Waals surface area contributed by atoms with E-state index in [2.05, 4.69) is 24.3 Å². The molecule has 3 rings (SSSR count). The number of ether oxygens (including phenoxy) is 1. The number of aliphatic hydroxyl groups excluding tert-OH is 1. The first-order valence-electron chi connectivity index (χ1n) is 7.82. The lowest BCUT2D eigenvalue weighted by Gasteiger charge is -2.38. The third kappa shape index (κ3) is 2.28. The molecule has 1 fully saturated rings. The van der Waals surface area contributed by atoms with E-state index >= 15 is 0 Å². The molecule has 1 saturated carbocycles. The molecule has 0 heterocycles. The average Bonchev–Trinajstić information content (AvgIpc) is 2.71. The molecule has 0 aliphatic heterocycles. The van der Waals surface area contributed by atoms with Gasteiger partial charge in [-0.25, -0.2) is 0 Å². The SMILES string of the molecule is NCC1(OCCCO)C2CCC1Cc1ccccc1C2. The van der Waals surface area contributed by atoms with Gasteiger partial charge >= 0.3 is 0 Å². The summed E-state index contributed by atoms with van der Waals surface area (Å²) in [5.41, 5.74) is 8.94. The second-order valence-electron chi connectivity index (χ2n) is 6.23. The van der Waals surface area contributed by atoms with E-state index in [0.29, 0.717) is 31.4 Å². The molecule has 2 unspecified atom stereocenters. The standard InChI is InChI=1S/C17H25NO2/c18-12-17(20-9-3-8-19)15-6-7-16(17)11-14-5-2-1-4-13(14)10-15/h1-2,4-5,15-16,19H,3,6-12,18H2. The van der Waals surface area contributed by atoms with Crippen molar-refractivity contribution < 1.29 is 9.84 Å². The van der Waals surface area contributed by atoms with Gasteiger partial charge in [0, 0.05) is 19.8 Å². The van der Waals surface area contributed by atoms with Crippen LogP contribution in [0.1, 0.15) is 30.4 Å². The zero-order chi connectivity index (χ0) is 14.0. The minimum absolute atomic E-state index is 0.172. The van der Waals surface area contributed by atoms with E-state index in [0.717, 1.165) is 12.8 Å². The van der Waals surface area contributed by atoms with Gasteiger partial charge in [0.1, 0.15) is 0 Å². The van der Waals surface area contributed by atoms with E-state index in [4.69, 9.17) is 15.6 Å². The molecule has 0 saturated heterocycles. The van der Waals surface area contributed by atoms with Gasteiger partial charge in [0.25, 0.3) is 0 Å². The molecule has 0 spiro atoms. The van der Waals surface area contributed by atoms with Crippen molar-refractivity contribution >= 4 is 0 Å². The van der Waals surface area contributed by atoms with E-state index in [1.54, 1.807) is 0 Å². The Hall–Kier alpha value is -0.900. The van der Waals surface area contributed by atoms with E-state index < -0.39 is 0 Å². The summed E-state index contributed by atoms with van der Waals surface area (Å²) in [4.78, 5) is 0. The van der Waals surface area contributed by atoms with Gasteiger partial charge < -0.3 is 15.6 Å². The molecule has 0 amide bonds. The highest BCUT2D eigenvalue weighted by Crippen LogP contribution is 2.48. The Labute approximate surface area is 121 Å². The smallest absolute Gasteiger partial charge is 0.0866 e. The fourth-order valence-corrected chi connectivity index (χ4v) is 4.22. The molecule has 20 heavy (non-hydrogen) atoms. The fraction of sp³-hybridized carbons (Fsp3) is 0.647. The Morgan fingerprint density at radius 2 is 1.75 bits per heavy atom. The van der Waals surface area contributed by atoms with Gasteiger partial charge in [0.05, 0.1) is 5.60 Å². The Morgan fingerprint density at radius 1 is 1.15 bits per heavy atom. The highest BCUT2D eigenvalue weighted by Gasteiger charge is 2.51. The first-order chi connectivity index (χ1) is 9.80. The van der Waals surface area contributed by atoms with Crippen molar-refractivity contribution in [2.45, 2.75) is 37.7 Å². The second kappa shape index (κ2) is 5.84. The quantitative estimate of drug-likeness (QED) is 0.807. The lowest BCUT2D eigenvalue weighted by Crippen LogP contribution is -2.50. The molecular weight excluding hydrogens is 250 g/mol. The molecule has 0 radical (unpaired) electrons. The van der Waals surface area contributed by atoms with Gasteiger partial charge in [-0.2, -0.15) is 0 Å². The van der Waals surface area contributed by atoms with Crippen LogP contribution >= 0.6 is 0 Å². The van der Waals surface area contributed by atoms with Crippen molar-refractivity contribution in [1.29, 1.82) is 0 Å². The van der Waals surface area contributed by atoms with Crippen molar-refractivity contribution in [2.75, 3.05) is 19.8 Å². The third-order valence-electron chi connectivity index (χ3n) is 5.29. The van der Waals surface area contributed by atoms with Gasteiger partial charge in [0.2, 0.25) is 0 Å². The minimum atomic E-state index is -0.172. The van der Waals surface area contributed by atoms with Crippen LogP contribution in [0.4, 0.5) is 0 Å². The zero-order valence-corrected chi connectivity index (χ0v) is 12.1. The number of aliphatic hydroxyl groups is 1. The maximum absolute atomic E-state index is 8.99. The molecule has 2 aliphatic rings. The first-order valence-corrected chi connectivity index (χ1v) is 7.82. The number of benzene rings is 1. The summed E-state index contributed by atoms with van der Waals surface area (Å²) in [6, 6.07) is 8.78. The van der Waals surface area contributed by atoms with Crippen molar-refractivity contribution in [3.8, 4) is 0 Å². The van der Waals surface area contributed by atoms with Crippen molar-refractivity contribution in [2.24, 2.45) is 17.6 Å². The number of rotatable bonds is 5. The largest absolute Gasteiger partial charge is 0.396 e. The average molecular weight is 275 g/mol. The molecular formula is C17H25NO2. The van der Waals surface area contributed by atoms with Crippen LogP contribution < -0.4 is 5.73 Å². The fourth-order valence-electron chi connectivity index (χ4n) is 4.22. The number of nitrogens with two attached hydrogens (primary N) is 1. The van der Waals surface area contributed by atoms with Crippen molar-refractivity contribution in [3.63, 3.8) is 0 Å². The number of hydrogen-bond donors (Lipinski definition) is 2. The van der Waals surface area contributed by atoms with Crippen LogP contribution in [-0.4, -0.2) is 30.5 Å². The molecule has 1 aromatic carbocycles. The van der Waals surface area contributed by atoms with Crippen molar-refractivity contribution in [1.82, 2.24) is 0 Å². The highest BCUT2D eigenvalue weighted by molar-refractivity contribution is 5.32. The summed E-state index contributed by atoms with van der Waals surface area (Å²) >= 11 is 0. The Bertz CT molecular complexity index is 427. The van der Waals surface area contributed by atoms with E-state index in [1.165, 1.54) is 24.0 Å². The van der Waals surface area contributed by atoms with Crippen LogP contribution in [0.5, 0.6) is 0 Å². The van der Waals surface area contributed by atoms with Crippen LogP contribution in [0.15, 0.2) is 24.3 Å². The molecule has 2 bridgehead atoms. The molecule has 3 heteroatoms. The zero-order valence-electron chi connectivity index (χ0n) is 12.1. The molecule has 3 nitrogen and oxygen atoms in total. The van der Waals surface area contributed by atoms with Crippen LogP contribution in [0.3, 0.4) is 0 Å². The molecule has 110 valence electrons. The van der Waals surface area contributed by atoms with Crippen LogP contribution in [0, 0.1) is 11.8 Å². The topological polar surface area (TPSA) is 55.5 Å². The Balaban J connectivity index is 1.86. The van der Waals surface area contributed by atoms with E-state index in [9.17, 15) is 0 Å². The normalized spacial score (nSPS) is 31.9. The lowest BCUT2D eigenvalue weighted by molar-refractivity contribution is -0.0955. The summed E-state index contributed by atoms with van der Waals surface area (Å²) in [5.74, 6) is 1.06. The van der Waals surface area contributed by atoms with Gasteiger partial charge in [0.15, 0.2) is 0 Å². The molecule has 1 aromatic rings. The molecule has 3 N–H and O–H groups in total. The first kappa shape index (κ1) is 14.1. The van der Waals surface area contributed by atoms with Gasteiger partial charge in [-0.1, -0.05) is 24.3 Å². The number of hydrogen-bond acceptors (Lipinski definition) is 3. The van der Waals surface area contributed by atoms with Gasteiger partial charge in [-0.05, 0) is 55.1 Å². The minimum Gasteiger partial charge on any atom is -0.396 e. The summed E-state index contributed by atoms with van der Waals surface area (Å²) in [5, 5.41) is 8.99. The van der Waals surface area contributed by atoms with Gasteiger partial charge in [-0.3, -0.25) is 0 Å². The van der Waals surface area contributed by atoms with Crippen LogP contribution in [0.2, 0.25) is 0 Å². The summed E-state index contributed by atoms with van der Waals surface area (Å²) < 4.78 is 6.27. The third-order valence-corrected chi connectivity index (χ3v) is 5.29. The van der Waals surface area contributed by atoms with Crippen molar-refractivity contribution in [3.05, 3.63) is 35.4 Å². The van der Waals surface area contributed by atoms with E-state index in [-0.39, 0.29) is 12.2 Å². The van der Waals surface area contributed by atoms with E-state index in [1.807, 2.05) is 0 Å². The Kier molecular flexibility index (Phi) is 4.11. The van der Waals surface area contributed by atoms with Crippen LogP contribution in [-0.2, 0) is 17.6 Å². The highest BCUT2D eigenvalue weighted by atomic mass is 16.5. The predicted molar refractivity (Wildman–Crippen MR) is 79.5 cm³/mol.